The highest BCUT2D eigenvalue weighted by atomic mass is 19.1. The van der Waals surface area contributed by atoms with Gasteiger partial charge in [0, 0.05) is 13.1 Å². The second-order valence-electron chi connectivity index (χ2n) is 4.86. The molecule has 1 atom stereocenters. The van der Waals surface area contributed by atoms with Crippen LogP contribution in [0.2, 0.25) is 0 Å². The minimum atomic E-state index is -0.956. The fourth-order valence-electron chi connectivity index (χ4n) is 1.81. The molecule has 1 unspecified atom stereocenters. The predicted octanol–water partition coefficient (Wildman–Crippen LogP) is 1.42. The molecule has 5 heteroatoms. The topological polar surface area (TPSA) is 59.3 Å². The summed E-state index contributed by atoms with van der Waals surface area (Å²) in [5, 5.41) is 21.9. The zero-order valence-corrected chi connectivity index (χ0v) is 10.9. The van der Waals surface area contributed by atoms with Crippen LogP contribution in [-0.4, -0.2) is 42.8 Å². The maximum atomic E-state index is 13.3. The van der Waals surface area contributed by atoms with E-state index in [1.807, 2.05) is 25.1 Å². The van der Waals surface area contributed by atoms with Crippen molar-refractivity contribution >= 4 is 5.69 Å². The molecule has 0 aliphatic rings. The summed E-state index contributed by atoms with van der Waals surface area (Å²) in [6, 6.07) is 6.19. The zero-order valence-electron chi connectivity index (χ0n) is 10.9. The number of nitriles is 1. The summed E-state index contributed by atoms with van der Waals surface area (Å²) >= 11 is 0. The minimum Gasteiger partial charge on any atom is -0.387 e. The average Bonchev–Trinajstić information content (AvgIpc) is 2.24. The Morgan fingerprint density at radius 3 is 2.72 bits per heavy atom. The van der Waals surface area contributed by atoms with Crippen LogP contribution in [0.5, 0.6) is 0 Å². The molecular formula is C13H18FN3O. The Labute approximate surface area is 107 Å². The minimum absolute atomic E-state index is 0.0295. The first-order valence-corrected chi connectivity index (χ1v) is 5.65. The van der Waals surface area contributed by atoms with Gasteiger partial charge >= 0.3 is 0 Å². The maximum absolute atomic E-state index is 13.3. The Kier molecular flexibility index (Phi) is 4.65. The number of likely N-dealkylation sites (N-methyl/N-ethyl adjacent to an activating group) is 1. The lowest BCUT2D eigenvalue weighted by Crippen LogP contribution is -2.43. The largest absolute Gasteiger partial charge is 0.387 e. The molecule has 98 valence electrons. The molecular weight excluding hydrogens is 233 g/mol. The molecule has 0 bridgehead atoms. The van der Waals surface area contributed by atoms with Crippen LogP contribution in [0.1, 0.15) is 12.5 Å². The smallest absolute Gasteiger partial charge is 0.143 e. The first kappa shape index (κ1) is 14.4. The van der Waals surface area contributed by atoms with Gasteiger partial charge in [0.1, 0.15) is 17.4 Å². The van der Waals surface area contributed by atoms with E-state index >= 15 is 0 Å². The van der Waals surface area contributed by atoms with Gasteiger partial charge < -0.3 is 15.3 Å². The molecule has 0 aliphatic carbocycles. The third-order valence-electron chi connectivity index (χ3n) is 2.44. The van der Waals surface area contributed by atoms with Crippen molar-refractivity contribution in [3.8, 4) is 6.07 Å². The number of hydrogen-bond donors (Lipinski definition) is 2. The lowest BCUT2D eigenvalue weighted by Gasteiger charge is -2.27. The van der Waals surface area contributed by atoms with Crippen molar-refractivity contribution in [2.75, 3.05) is 32.5 Å². The first-order chi connectivity index (χ1) is 8.35. The molecule has 4 nitrogen and oxygen atoms in total. The standard InChI is InChI=1S/C13H18FN3O/c1-13(18,9-17(2)3)8-16-12-6-4-5-11(14)10(12)7-15/h4-6,16,18H,8-9H2,1-3H3. The van der Waals surface area contributed by atoms with E-state index in [0.29, 0.717) is 12.2 Å². The van der Waals surface area contributed by atoms with E-state index in [2.05, 4.69) is 5.32 Å². The number of nitrogens with one attached hydrogen (secondary N) is 1. The molecule has 0 aromatic heterocycles. The van der Waals surface area contributed by atoms with E-state index in [4.69, 9.17) is 5.26 Å². The number of halogens is 1. The lowest BCUT2D eigenvalue weighted by molar-refractivity contribution is 0.0460. The second kappa shape index (κ2) is 5.80. The number of rotatable bonds is 5. The van der Waals surface area contributed by atoms with Gasteiger partial charge in [0.15, 0.2) is 0 Å². The van der Waals surface area contributed by atoms with Gasteiger partial charge in [-0.2, -0.15) is 5.26 Å². The van der Waals surface area contributed by atoms with Crippen LogP contribution in [0.3, 0.4) is 0 Å². The lowest BCUT2D eigenvalue weighted by atomic mass is 10.1. The Morgan fingerprint density at radius 1 is 1.50 bits per heavy atom. The van der Waals surface area contributed by atoms with Crippen molar-refractivity contribution in [3.05, 3.63) is 29.6 Å². The van der Waals surface area contributed by atoms with Gasteiger partial charge in [0.2, 0.25) is 0 Å². The predicted molar refractivity (Wildman–Crippen MR) is 68.8 cm³/mol. The van der Waals surface area contributed by atoms with Gasteiger partial charge in [-0.1, -0.05) is 6.07 Å². The van der Waals surface area contributed by atoms with Crippen LogP contribution < -0.4 is 5.32 Å². The van der Waals surface area contributed by atoms with E-state index in [1.165, 1.54) is 12.1 Å². The summed E-state index contributed by atoms with van der Waals surface area (Å²) in [6.07, 6.45) is 0. The highest BCUT2D eigenvalue weighted by Gasteiger charge is 2.21. The van der Waals surface area contributed by atoms with Crippen molar-refractivity contribution < 1.29 is 9.50 Å². The maximum Gasteiger partial charge on any atom is 0.143 e. The highest BCUT2D eigenvalue weighted by molar-refractivity contribution is 5.58. The molecule has 0 amide bonds. The third kappa shape index (κ3) is 3.99. The fraction of sp³-hybridized carbons (Fsp3) is 0.462. The van der Waals surface area contributed by atoms with Crippen molar-refractivity contribution in [3.63, 3.8) is 0 Å². The number of benzene rings is 1. The number of nitrogens with zero attached hydrogens (tertiary/aromatic N) is 2. The monoisotopic (exact) mass is 251 g/mol. The molecule has 0 heterocycles. The highest BCUT2D eigenvalue weighted by Crippen LogP contribution is 2.18. The third-order valence-corrected chi connectivity index (χ3v) is 2.44. The summed E-state index contributed by atoms with van der Waals surface area (Å²) in [7, 11) is 3.72. The first-order valence-electron chi connectivity index (χ1n) is 5.65. The van der Waals surface area contributed by atoms with E-state index < -0.39 is 11.4 Å². The molecule has 1 aromatic rings. The summed E-state index contributed by atoms with van der Waals surface area (Å²) in [5.41, 5.74) is -0.586. The number of hydrogen-bond acceptors (Lipinski definition) is 4. The summed E-state index contributed by atoms with van der Waals surface area (Å²) in [6.45, 7) is 2.39. The molecule has 0 radical (unpaired) electrons. The van der Waals surface area contributed by atoms with Gasteiger partial charge in [-0.05, 0) is 33.2 Å². The normalized spacial score (nSPS) is 14.1. The number of anilines is 1. The Balaban J connectivity index is 2.75. The van der Waals surface area contributed by atoms with Crippen molar-refractivity contribution in [1.29, 1.82) is 5.26 Å². The van der Waals surface area contributed by atoms with Gasteiger partial charge in [0.25, 0.3) is 0 Å². The summed E-state index contributed by atoms with van der Waals surface area (Å²) in [5.74, 6) is -0.560. The zero-order chi connectivity index (χ0) is 13.8. The van der Waals surface area contributed by atoms with Gasteiger partial charge in [-0.25, -0.2) is 4.39 Å². The molecule has 2 N–H and O–H groups in total. The van der Waals surface area contributed by atoms with Crippen molar-refractivity contribution in [2.45, 2.75) is 12.5 Å². The van der Waals surface area contributed by atoms with Gasteiger partial charge in [0.05, 0.1) is 11.3 Å². The molecule has 0 spiro atoms. The van der Waals surface area contributed by atoms with Gasteiger partial charge in [-0.15, -0.1) is 0 Å². The van der Waals surface area contributed by atoms with E-state index in [1.54, 1.807) is 13.0 Å². The fourth-order valence-corrected chi connectivity index (χ4v) is 1.81. The van der Waals surface area contributed by atoms with Crippen molar-refractivity contribution in [2.24, 2.45) is 0 Å². The van der Waals surface area contributed by atoms with Crippen LogP contribution in [-0.2, 0) is 0 Å². The molecule has 0 saturated heterocycles. The second-order valence-corrected chi connectivity index (χ2v) is 4.86. The number of aliphatic hydroxyl groups is 1. The quantitative estimate of drug-likeness (QED) is 0.831. The van der Waals surface area contributed by atoms with Crippen LogP contribution in [0.25, 0.3) is 0 Å². The van der Waals surface area contributed by atoms with Crippen molar-refractivity contribution in [1.82, 2.24) is 4.90 Å². The van der Waals surface area contributed by atoms with Crippen LogP contribution in [0, 0.1) is 17.1 Å². The van der Waals surface area contributed by atoms with Crippen LogP contribution >= 0.6 is 0 Å². The van der Waals surface area contributed by atoms with Crippen LogP contribution in [0.15, 0.2) is 18.2 Å². The summed E-state index contributed by atoms with van der Waals surface area (Å²) < 4.78 is 13.3. The Bertz CT molecular complexity index is 452. The Morgan fingerprint density at radius 2 is 2.17 bits per heavy atom. The molecule has 0 saturated carbocycles. The van der Waals surface area contributed by atoms with E-state index in [0.717, 1.165) is 0 Å². The Hall–Kier alpha value is -1.64. The van der Waals surface area contributed by atoms with Gasteiger partial charge in [-0.3, -0.25) is 0 Å². The molecule has 1 rings (SSSR count). The SMILES string of the molecule is CN(C)CC(C)(O)CNc1cccc(F)c1C#N. The molecule has 0 fully saturated rings. The van der Waals surface area contributed by atoms with E-state index in [-0.39, 0.29) is 12.1 Å². The molecule has 1 aromatic carbocycles. The van der Waals surface area contributed by atoms with E-state index in [9.17, 15) is 9.50 Å². The average molecular weight is 251 g/mol. The summed E-state index contributed by atoms with van der Waals surface area (Å²) in [4.78, 5) is 1.86. The molecule has 0 aliphatic heterocycles. The van der Waals surface area contributed by atoms with Crippen LogP contribution in [0.4, 0.5) is 10.1 Å². The molecule has 18 heavy (non-hydrogen) atoms.